The Bertz CT molecular complexity index is 1050. The van der Waals surface area contributed by atoms with Crippen LogP contribution < -0.4 is 0 Å². The number of hydrogen-bond acceptors (Lipinski definition) is 0. The molecule has 0 aliphatic rings. The van der Waals surface area contributed by atoms with Crippen LogP contribution in [0.5, 0.6) is 0 Å². The van der Waals surface area contributed by atoms with Crippen molar-refractivity contribution in [2.24, 2.45) is 0 Å². The van der Waals surface area contributed by atoms with Gasteiger partial charge in [-0.05, 0) is 66.9 Å². The fourth-order valence-corrected chi connectivity index (χ4v) is 4.20. The number of rotatable bonds is 2. The van der Waals surface area contributed by atoms with Crippen LogP contribution >= 0.6 is 0 Å². The van der Waals surface area contributed by atoms with Gasteiger partial charge in [0.1, 0.15) is 0 Å². The highest BCUT2D eigenvalue weighted by Gasteiger charge is 2.17. The van der Waals surface area contributed by atoms with Crippen LogP contribution in [-0.2, 0) is 21.7 Å². The molecule has 0 atom stereocenters. The van der Waals surface area contributed by atoms with Gasteiger partial charge in [0.15, 0.2) is 0 Å². The third-order valence-corrected chi connectivity index (χ3v) is 7.46. The molecule has 0 aliphatic carbocycles. The van der Waals surface area contributed by atoms with Gasteiger partial charge in [0, 0.05) is 0 Å². The summed E-state index contributed by atoms with van der Waals surface area (Å²) in [6, 6.07) is 26.8. The quantitative estimate of drug-likeness (QED) is 0.302. The molecule has 222 valence electrons. The molecule has 0 spiro atoms. The van der Waals surface area contributed by atoms with Crippen LogP contribution in [0.4, 0.5) is 0 Å². The molecule has 0 aliphatic heterocycles. The molecule has 40 heavy (non-hydrogen) atoms. The van der Waals surface area contributed by atoms with E-state index in [2.05, 4.69) is 184 Å². The van der Waals surface area contributed by atoms with Crippen molar-refractivity contribution in [3.63, 3.8) is 0 Å². The lowest BCUT2D eigenvalue weighted by Gasteiger charge is -2.23. The van der Waals surface area contributed by atoms with Crippen LogP contribution in [0.15, 0.2) is 72.8 Å². The maximum absolute atomic E-state index is 2.32. The van der Waals surface area contributed by atoms with Crippen LogP contribution in [0.1, 0.15) is 156 Å². The van der Waals surface area contributed by atoms with Gasteiger partial charge in [-0.3, -0.25) is 0 Å². The van der Waals surface area contributed by atoms with Crippen molar-refractivity contribution < 1.29 is 0 Å². The fraction of sp³-hybridized carbons (Fsp3) is 0.550. The standard InChI is InChI=1S/C14H22.2C13H20/c1-13(2,3)11-7-9-12(10-8-11)14(4,5)6;2*1-10(2)11-7-6-8-12(9-11)13(3,4)5/h7-10H,1-6H3;2*6-10H,1-5H3. The van der Waals surface area contributed by atoms with Crippen molar-refractivity contribution in [1.82, 2.24) is 0 Å². The predicted octanol–water partition coefficient (Wildman–Crippen LogP) is 12.5. The van der Waals surface area contributed by atoms with Gasteiger partial charge in [-0.15, -0.1) is 0 Å². The van der Waals surface area contributed by atoms with Crippen molar-refractivity contribution >= 4 is 0 Å². The highest BCUT2D eigenvalue weighted by molar-refractivity contribution is 5.32. The van der Waals surface area contributed by atoms with E-state index >= 15 is 0 Å². The molecule has 0 radical (unpaired) electrons. The first-order chi connectivity index (χ1) is 18.0. The van der Waals surface area contributed by atoms with Crippen LogP contribution in [0.3, 0.4) is 0 Å². The molecule has 0 unspecified atom stereocenters. The van der Waals surface area contributed by atoms with Crippen molar-refractivity contribution in [2.75, 3.05) is 0 Å². The van der Waals surface area contributed by atoms with Crippen LogP contribution in [-0.4, -0.2) is 0 Å². The lowest BCUT2D eigenvalue weighted by atomic mass is 9.82. The lowest BCUT2D eigenvalue weighted by Crippen LogP contribution is -2.14. The first kappa shape index (κ1) is 35.7. The Balaban J connectivity index is 0.000000300. The van der Waals surface area contributed by atoms with E-state index in [0.717, 1.165) is 0 Å². The lowest BCUT2D eigenvalue weighted by molar-refractivity contribution is 0.577. The monoisotopic (exact) mass is 542 g/mol. The van der Waals surface area contributed by atoms with Gasteiger partial charge >= 0.3 is 0 Å². The average Bonchev–Trinajstić information content (AvgIpc) is 2.83. The zero-order valence-electron chi connectivity index (χ0n) is 29.1. The Morgan fingerprint density at radius 3 is 0.800 bits per heavy atom. The van der Waals surface area contributed by atoms with Crippen molar-refractivity contribution in [1.29, 1.82) is 0 Å². The molecule has 0 saturated heterocycles. The zero-order chi connectivity index (χ0) is 31.1. The minimum atomic E-state index is 0.260. The third kappa shape index (κ3) is 12.0. The fourth-order valence-electron chi connectivity index (χ4n) is 4.20. The minimum Gasteiger partial charge on any atom is -0.0617 e. The smallest absolute Gasteiger partial charge is 0.0132 e. The topological polar surface area (TPSA) is 0 Å². The summed E-state index contributed by atoms with van der Waals surface area (Å²) < 4.78 is 0. The van der Waals surface area contributed by atoms with E-state index in [1.54, 1.807) is 0 Å². The van der Waals surface area contributed by atoms with Gasteiger partial charge in [0.2, 0.25) is 0 Å². The second-order valence-electron chi connectivity index (χ2n) is 16.1. The number of benzene rings is 3. The predicted molar refractivity (Wildman–Crippen MR) is 182 cm³/mol. The summed E-state index contributed by atoms with van der Waals surface area (Å²) in [7, 11) is 0. The van der Waals surface area contributed by atoms with Crippen molar-refractivity contribution in [3.8, 4) is 0 Å². The zero-order valence-corrected chi connectivity index (χ0v) is 29.1. The molecule has 0 heterocycles. The summed E-state index contributed by atoms with van der Waals surface area (Å²) in [5.74, 6) is 1.25. The van der Waals surface area contributed by atoms with E-state index in [1.165, 1.54) is 33.4 Å². The maximum Gasteiger partial charge on any atom is -0.0132 e. The van der Waals surface area contributed by atoms with E-state index in [0.29, 0.717) is 11.8 Å². The van der Waals surface area contributed by atoms with E-state index < -0.39 is 0 Å². The third-order valence-electron chi connectivity index (χ3n) is 7.46. The van der Waals surface area contributed by atoms with Gasteiger partial charge in [-0.25, -0.2) is 0 Å². The van der Waals surface area contributed by atoms with Gasteiger partial charge in [0.05, 0.1) is 0 Å². The van der Waals surface area contributed by atoms with Crippen molar-refractivity contribution in [2.45, 2.75) is 144 Å². The van der Waals surface area contributed by atoms with Crippen LogP contribution in [0.25, 0.3) is 0 Å². The summed E-state index contributed by atoms with van der Waals surface area (Å²) in [4.78, 5) is 0. The van der Waals surface area contributed by atoms with Gasteiger partial charge in [-0.2, -0.15) is 0 Å². The van der Waals surface area contributed by atoms with Crippen molar-refractivity contribution in [3.05, 3.63) is 106 Å². The molecule has 0 bridgehead atoms. The molecule has 0 amide bonds. The van der Waals surface area contributed by atoms with E-state index in [4.69, 9.17) is 0 Å². The minimum absolute atomic E-state index is 0.260. The molecule has 0 N–H and O–H groups in total. The molecule has 3 rings (SSSR count). The highest BCUT2D eigenvalue weighted by atomic mass is 14.2. The average molecular weight is 543 g/mol. The van der Waals surface area contributed by atoms with E-state index in [9.17, 15) is 0 Å². The molecule has 0 fully saturated rings. The molecular formula is C40H62. The largest absolute Gasteiger partial charge is 0.0617 e. The summed E-state index contributed by atoms with van der Waals surface area (Å²) in [6.07, 6.45) is 0. The Labute approximate surface area is 250 Å². The summed E-state index contributed by atoms with van der Waals surface area (Å²) in [5.41, 5.74) is 9.61. The second-order valence-corrected chi connectivity index (χ2v) is 16.1. The molecule has 3 aromatic carbocycles. The Hall–Kier alpha value is -2.34. The maximum atomic E-state index is 2.32. The molecule has 0 heteroatoms. The molecule has 0 aromatic heterocycles. The van der Waals surface area contributed by atoms with Gasteiger partial charge < -0.3 is 0 Å². The van der Waals surface area contributed by atoms with Crippen LogP contribution in [0, 0.1) is 0 Å². The Morgan fingerprint density at radius 2 is 0.600 bits per heavy atom. The first-order valence-electron chi connectivity index (χ1n) is 15.4. The van der Waals surface area contributed by atoms with Gasteiger partial charge in [0.25, 0.3) is 0 Å². The Kier molecular flexibility index (Phi) is 12.5. The first-order valence-corrected chi connectivity index (χ1v) is 15.4. The number of hydrogen-bond donors (Lipinski definition) is 0. The second kappa shape index (κ2) is 14.0. The van der Waals surface area contributed by atoms with Crippen LogP contribution in [0.2, 0.25) is 0 Å². The normalized spacial score (nSPS) is 12.4. The van der Waals surface area contributed by atoms with E-state index in [-0.39, 0.29) is 21.7 Å². The molecule has 0 nitrogen and oxygen atoms in total. The molecule has 0 saturated carbocycles. The van der Waals surface area contributed by atoms with E-state index in [1.807, 2.05) is 0 Å². The highest BCUT2D eigenvalue weighted by Crippen LogP contribution is 2.28. The summed E-state index contributed by atoms with van der Waals surface area (Å²) in [5, 5.41) is 0. The molecule has 3 aromatic rings. The summed E-state index contributed by atoms with van der Waals surface area (Å²) >= 11 is 0. The Morgan fingerprint density at radius 1 is 0.350 bits per heavy atom. The van der Waals surface area contributed by atoms with Gasteiger partial charge in [-0.1, -0.05) is 184 Å². The SMILES string of the molecule is CC(C)(C)c1ccc(C(C)(C)C)cc1.CC(C)c1cccc(C(C)(C)C)c1.CC(C)c1cccc(C(C)(C)C)c1. The summed E-state index contributed by atoms with van der Waals surface area (Å²) in [6.45, 7) is 36.0. The molecular weight excluding hydrogens is 480 g/mol.